The Bertz CT molecular complexity index is 877. The van der Waals surface area contributed by atoms with Crippen molar-refractivity contribution in [3.63, 3.8) is 0 Å². The minimum atomic E-state index is -0.500. The van der Waals surface area contributed by atoms with Crippen LogP contribution in [-0.2, 0) is 4.79 Å². The molecule has 0 bridgehead atoms. The zero-order valence-corrected chi connectivity index (χ0v) is 14.5. The average Bonchev–Trinajstić information content (AvgIpc) is 3.19. The van der Waals surface area contributed by atoms with Crippen LogP contribution in [-0.4, -0.2) is 39.2 Å². The van der Waals surface area contributed by atoms with E-state index in [1.165, 1.54) is 37.2 Å². The highest BCUT2D eigenvalue weighted by molar-refractivity contribution is 8.23. The van der Waals surface area contributed by atoms with Crippen LogP contribution in [0.5, 0.6) is 5.75 Å². The second-order valence-corrected chi connectivity index (χ2v) is 6.46. The van der Waals surface area contributed by atoms with E-state index in [1.807, 2.05) is 0 Å². The third-order valence-electron chi connectivity index (χ3n) is 3.32. The number of thiocarbonyl (C=S) groups is 1. The number of nitrogens with zero attached hydrogens (tertiary/aromatic N) is 3. The molecule has 8 nitrogen and oxygen atoms in total. The maximum absolute atomic E-state index is 11.6. The maximum Gasteiger partial charge on any atom is 0.273 e. The molecule has 128 valence electrons. The number of non-ortho nitro benzene ring substituents is 1. The first-order valence-electron chi connectivity index (χ1n) is 6.96. The number of methoxy groups -OCH3 is 1. The van der Waals surface area contributed by atoms with Crippen molar-refractivity contribution in [2.24, 2.45) is 5.10 Å². The fraction of sp³-hybridized carbons (Fsp3) is 0.133. The summed E-state index contributed by atoms with van der Waals surface area (Å²) >= 11 is 6.28. The average molecular weight is 377 g/mol. The Morgan fingerprint density at radius 2 is 2.24 bits per heavy atom. The highest BCUT2D eigenvalue weighted by Crippen LogP contribution is 2.34. The van der Waals surface area contributed by atoms with E-state index in [1.54, 1.807) is 18.2 Å². The molecule has 1 aliphatic heterocycles. The second kappa shape index (κ2) is 7.03. The van der Waals surface area contributed by atoms with Gasteiger partial charge in [-0.15, -0.1) is 0 Å². The zero-order valence-electron chi connectivity index (χ0n) is 12.9. The van der Waals surface area contributed by atoms with Crippen LogP contribution in [0.25, 0.3) is 11.3 Å². The lowest BCUT2D eigenvalue weighted by molar-refractivity contribution is -0.384. The first-order chi connectivity index (χ1) is 12.0. The molecule has 0 aliphatic carbocycles. The summed E-state index contributed by atoms with van der Waals surface area (Å²) in [7, 11) is 1.42. The maximum atomic E-state index is 11.6. The van der Waals surface area contributed by atoms with Gasteiger partial charge in [0.15, 0.2) is 4.32 Å². The number of benzene rings is 1. The van der Waals surface area contributed by atoms with Crippen LogP contribution >= 0.6 is 24.0 Å². The predicted octanol–water partition coefficient (Wildman–Crippen LogP) is 3.06. The normalized spacial score (nSPS) is 14.5. The molecule has 1 aromatic carbocycles. The first kappa shape index (κ1) is 17.1. The van der Waals surface area contributed by atoms with Gasteiger partial charge in [-0.25, -0.2) is 0 Å². The van der Waals surface area contributed by atoms with Crippen molar-refractivity contribution in [1.82, 2.24) is 5.01 Å². The van der Waals surface area contributed by atoms with Gasteiger partial charge in [-0.3, -0.25) is 14.9 Å². The fourth-order valence-electron chi connectivity index (χ4n) is 2.14. The number of furan rings is 1. The monoisotopic (exact) mass is 377 g/mol. The van der Waals surface area contributed by atoms with Crippen LogP contribution in [0.1, 0.15) is 5.76 Å². The van der Waals surface area contributed by atoms with Crippen LogP contribution in [0.3, 0.4) is 0 Å². The van der Waals surface area contributed by atoms with E-state index in [0.717, 1.165) is 5.01 Å². The Balaban J connectivity index is 1.85. The van der Waals surface area contributed by atoms with Crippen LogP contribution in [0.4, 0.5) is 5.69 Å². The molecular formula is C15H11N3O5S2. The summed E-state index contributed by atoms with van der Waals surface area (Å²) in [4.78, 5) is 22.0. The summed E-state index contributed by atoms with van der Waals surface area (Å²) in [6.07, 6.45) is 1.39. The van der Waals surface area contributed by atoms with E-state index >= 15 is 0 Å². The van der Waals surface area contributed by atoms with E-state index < -0.39 is 4.92 Å². The van der Waals surface area contributed by atoms with Gasteiger partial charge in [-0.1, -0.05) is 24.0 Å². The van der Waals surface area contributed by atoms with Gasteiger partial charge in [0, 0.05) is 6.07 Å². The Morgan fingerprint density at radius 1 is 1.44 bits per heavy atom. The zero-order chi connectivity index (χ0) is 18.0. The molecule has 1 fully saturated rings. The minimum Gasteiger partial charge on any atom is -0.496 e. The lowest BCUT2D eigenvalue weighted by Gasteiger charge is -2.06. The quantitative estimate of drug-likeness (QED) is 0.342. The van der Waals surface area contributed by atoms with Crippen molar-refractivity contribution < 1.29 is 18.9 Å². The number of amides is 1. The molecule has 0 atom stereocenters. The number of ether oxygens (including phenoxy) is 1. The van der Waals surface area contributed by atoms with Gasteiger partial charge in [-0.2, -0.15) is 10.1 Å². The number of nitro groups is 1. The number of carbonyl (C=O) groups is 1. The fourth-order valence-corrected chi connectivity index (χ4v) is 3.10. The summed E-state index contributed by atoms with van der Waals surface area (Å²) in [5.41, 5.74) is 0.489. The Labute approximate surface area is 151 Å². The molecule has 1 aromatic heterocycles. The van der Waals surface area contributed by atoms with Crippen molar-refractivity contribution >= 4 is 46.1 Å². The first-order valence-corrected chi connectivity index (χ1v) is 8.35. The van der Waals surface area contributed by atoms with Crippen LogP contribution in [0, 0.1) is 10.1 Å². The largest absolute Gasteiger partial charge is 0.496 e. The highest BCUT2D eigenvalue weighted by atomic mass is 32.2. The van der Waals surface area contributed by atoms with Gasteiger partial charge >= 0.3 is 0 Å². The third kappa shape index (κ3) is 3.54. The van der Waals surface area contributed by atoms with E-state index in [0.29, 0.717) is 27.2 Å². The number of carbonyl (C=O) groups excluding carboxylic acids is 1. The lowest BCUT2D eigenvalue weighted by Crippen LogP contribution is -2.22. The van der Waals surface area contributed by atoms with Crippen molar-refractivity contribution in [2.75, 3.05) is 12.9 Å². The number of nitro benzene ring substituents is 1. The van der Waals surface area contributed by atoms with Gasteiger partial charge in [0.2, 0.25) is 0 Å². The summed E-state index contributed by atoms with van der Waals surface area (Å²) in [5, 5.41) is 16.0. The summed E-state index contributed by atoms with van der Waals surface area (Å²) in [6, 6.07) is 7.59. The molecule has 3 rings (SSSR count). The molecule has 0 unspecified atom stereocenters. The molecule has 1 saturated heterocycles. The number of rotatable bonds is 5. The van der Waals surface area contributed by atoms with Crippen molar-refractivity contribution in [3.05, 3.63) is 46.2 Å². The smallest absolute Gasteiger partial charge is 0.273 e. The number of hydrogen-bond acceptors (Lipinski definition) is 8. The molecule has 1 amide bonds. The minimum absolute atomic E-state index is 0.0764. The molecule has 0 radical (unpaired) electrons. The summed E-state index contributed by atoms with van der Waals surface area (Å²) in [5.74, 6) is 1.27. The van der Waals surface area contributed by atoms with Gasteiger partial charge in [0.25, 0.3) is 11.6 Å². The van der Waals surface area contributed by atoms with Gasteiger partial charge < -0.3 is 9.15 Å². The Hall–Kier alpha value is -2.72. The van der Waals surface area contributed by atoms with Crippen molar-refractivity contribution in [3.8, 4) is 17.1 Å². The summed E-state index contributed by atoms with van der Waals surface area (Å²) < 4.78 is 11.2. The lowest BCUT2D eigenvalue weighted by atomic mass is 10.1. The van der Waals surface area contributed by atoms with E-state index in [2.05, 4.69) is 5.10 Å². The molecule has 1 aliphatic rings. The van der Waals surface area contributed by atoms with Gasteiger partial charge in [-0.05, 0) is 18.2 Å². The molecule has 2 aromatic rings. The molecular weight excluding hydrogens is 366 g/mol. The van der Waals surface area contributed by atoms with E-state index in [9.17, 15) is 14.9 Å². The van der Waals surface area contributed by atoms with Gasteiger partial charge in [0.05, 0.1) is 35.6 Å². The SMILES string of the molecule is COc1cc([N+](=O)[O-])ccc1-c1ccc(/C=N/N2C(=O)CSC2=S)o1. The van der Waals surface area contributed by atoms with E-state index in [-0.39, 0.29) is 17.3 Å². The molecule has 25 heavy (non-hydrogen) atoms. The summed E-state index contributed by atoms with van der Waals surface area (Å²) in [6.45, 7) is 0. The molecule has 2 heterocycles. The standard InChI is InChI=1S/C15H11N3O5S2/c1-22-13-6-9(18(20)21)2-4-11(13)12-5-3-10(23-12)7-16-17-14(19)8-25-15(17)24/h2-7H,8H2,1H3/b16-7+. The number of thioether (sulfide) groups is 1. The van der Waals surface area contributed by atoms with Crippen molar-refractivity contribution in [2.45, 2.75) is 0 Å². The molecule has 10 heteroatoms. The predicted molar refractivity (Wildman–Crippen MR) is 96.8 cm³/mol. The molecule has 0 saturated carbocycles. The molecule has 0 spiro atoms. The number of hydrazone groups is 1. The topological polar surface area (TPSA) is 98.2 Å². The van der Waals surface area contributed by atoms with Gasteiger partial charge in [0.1, 0.15) is 17.3 Å². The van der Waals surface area contributed by atoms with E-state index in [4.69, 9.17) is 21.4 Å². The molecule has 0 N–H and O–H groups in total. The third-order valence-corrected chi connectivity index (χ3v) is 4.65. The van der Waals surface area contributed by atoms with Crippen LogP contribution in [0.2, 0.25) is 0 Å². The highest BCUT2D eigenvalue weighted by Gasteiger charge is 2.26. The van der Waals surface area contributed by atoms with Crippen LogP contribution in [0.15, 0.2) is 39.9 Å². The van der Waals surface area contributed by atoms with Crippen LogP contribution < -0.4 is 4.74 Å². The Morgan fingerprint density at radius 3 is 2.88 bits per heavy atom. The second-order valence-electron chi connectivity index (χ2n) is 4.85. The van der Waals surface area contributed by atoms with Crippen molar-refractivity contribution in [1.29, 1.82) is 0 Å². The Kier molecular flexibility index (Phi) is 4.81. The number of hydrogen-bond donors (Lipinski definition) is 0.